The van der Waals surface area contributed by atoms with Crippen molar-refractivity contribution in [2.45, 2.75) is 6.54 Å². The molecule has 2 rings (SSSR count). The molecule has 16 heavy (non-hydrogen) atoms. The SMILES string of the molecule is COc1ncnc(NCc2ncon2)c1N. The third-order valence-electron chi connectivity index (χ3n) is 1.86. The normalized spacial score (nSPS) is 10.1. The summed E-state index contributed by atoms with van der Waals surface area (Å²) in [5, 5.41) is 6.59. The molecule has 84 valence electrons. The first kappa shape index (κ1) is 10.1. The van der Waals surface area contributed by atoms with Gasteiger partial charge >= 0.3 is 0 Å². The van der Waals surface area contributed by atoms with E-state index in [4.69, 9.17) is 10.5 Å². The topological polar surface area (TPSA) is 112 Å². The summed E-state index contributed by atoms with van der Waals surface area (Å²) in [7, 11) is 1.49. The molecule has 2 aromatic heterocycles. The number of ether oxygens (including phenoxy) is 1. The highest BCUT2D eigenvalue weighted by Crippen LogP contribution is 2.23. The third-order valence-corrected chi connectivity index (χ3v) is 1.86. The largest absolute Gasteiger partial charge is 0.479 e. The van der Waals surface area contributed by atoms with Gasteiger partial charge in [0.25, 0.3) is 0 Å². The molecule has 0 spiro atoms. The highest BCUT2D eigenvalue weighted by Gasteiger charge is 2.08. The summed E-state index contributed by atoms with van der Waals surface area (Å²) in [5.74, 6) is 1.30. The second kappa shape index (κ2) is 4.43. The molecule has 0 saturated carbocycles. The van der Waals surface area contributed by atoms with Crippen molar-refractivity contribution in [1.82, 2.24) is 20.1 Å². The smallest absolute Gasteiger partial charge is 0.242 e. The van der Waals surface area contributed by atoms with Crippen LogP contribution >= 0.6 is 0 Å². The molecule has 8 nitrogen and oxygen atoms in total. The lowest BCUT2D eigenvalue weighted by atomic mass is 10.4. The van der Waals surface area contributed by atoms with Gasteiger partial charge in [0.05, 0.1) is 13.7 Å². The number of nitrogen functional groups attached to an aromatic ring is 1. The molecule has 0 aliphatic rings. The molecule has 2 aromatic rings. The Morgan fingerprint density at radius 3 is 3.00 bits per heavy atom. The molecule has 0 aromatic carbocycles. The fraction of sp³-hybridized carbons (Fsp3) is 0.250. The Hall–Kier alpha value is -2.38. The maximum atomic E-state index is 5.76. The highest BCUT2D eigenvalue weighted by atomic mass is 16.5. The summed E-state index contributed by atoms with van der Waals surface area (Å²) >= 11 is 0. The maximum absolute atomic E-state index is 5.76. The first-order valence-corrected chi connectivity index (χ1v) is 4.45. The van der Waals surface area contributed by atoms with Crippen LogP contribution in [0.4, 0.5) is 11.5 Å². The summed E-state index contributed by atoms with van der Waals surface area (Å²) in [6, 6.07) is 0. The summed E-state index contributed by atoms with van der Waals surface area (Å²) in [6.07, 6.45) is 2.61. The number of hydrogen-bond acceptors (Lipinski definition) is 8. The van der Waals surface area contributed by atoms with Crippen LogP contribution in [0.15, 0.2) is 17.2 Å². The fourth-order valence-electron chi connectivity index (χ4n) is 1.12. The van der Waals surface area contributed by atoms with Crippen molar-refractivity contribution in [3.8, 4) is 5.88 Å². The lowest BCUT2D eigenvalue weighted by molar-refractivity contribution is 0.399. The summed E-state index contributed by atoms with van der Waals surface area (Å²) in [6.45, 7) is 0.362. The number of nitrogens with two attached hydrogens (primary N) is 1. The van der Waals surface area contributed by atoms with Gasteiger partial charge in [-0.1, -0.05) is 5.16 Å². The minimum Gasteiger partial charge on any atom is -0.479 e. The molecular formula is C8H10N6O2. The number of aromatic nitrogens is 4. The lowest BCUT2D eigenvalue weighted by Crippen LogP contribution is -2.07. The number of methoxy groups -OCH3 is 1. The second-order valence-electron chi connectivity index (χ2n) is 2.85. The van der Waals surface area contributed by atoms with Crippen molar-refractivity contribution in [1.29, 1.82) is 0 Å². The molecule has 0 saturated heterocycles. The van der Waals surface area contributed by atoms with E-state index in [2.05, 4.69) is 29.9 Å². The molecule has 0 amide bonds. The van der Waals surface area contributed by atoms with Crippen LogP contribution in [0.2, 0.25) is 0 Å². The van der Waals surface area contributed by atoms with Gasteiger partial charge in [0.1, 0.15) is 12.0 Å². The van der Waals surface area contributed by atoms with Crippen molar-refractivity contribution in [3.05, 3.63) is 18.5 Å². The molecule has 0 fully saturated rings. The van der Waals surface area contributed by atoms with Gasteiger partial charge in [-0.3, -0.25) is 0 Å². The first-order valence-electron chi connectivity index (χ1n) is 4.45. The van der Waals surface area contributed by atoms with Crippen molar-refractivity contribution >= 4 is 11.5 Å². The predicted octanol–water partition coefficient (Wildman–Crippen LogP) is 0.0625. The number of nitrogens with zero attached hydrogens (tertiary/aromatic N) is 4. The van der Waals surface area contributed by atoms with Crippen molar-refractivity contribution < 1.29 is 9.26 Å². The lowest BCUT2D eigenvalue weighted by Gasteiger charge is -2.08. The average Bonchev–Trinajstić information content (AvgIpc) is 2.81. The Balaban J connectivity index is 2.09. The molecule has 0 aliphatic carbocycles. The van der Waals surface area contributed by atoms with Gasteiger partial charge < -0.3 is 20.3 Å². The number of anilines is 2. The quantitative estimate of drug-likeness (QED) is 0.746. The van der Waals surface area contributed by atoms with Crippen LogP contribution in [-0.4, -0.2) is 27.2 Å². The summed E-state index contributed by atoms with van der Waals surface area (Å²) in [5.41, 5.74) is 6.10. The molecule has 2 heterocycles. The van der Waals surface area contributed by atoms with Gasteiger partial charge in [-0.15, -0.1) is 0 Å². The molecular weight excluding hydrogens is 212 g/mol. The highest BCUT2D eigenvalue weighted by molar-refractivity contribution is 5.66. The molecule has 0 radical (unpaired) electrons. The van der Waals surface area contributed by atoms with Crippen molar-refractivity contribution in [3.63, 3.8) is 0 Å². The third kappa shape index (κ3) is 2.00. The van der Waals surface area contributed by atoms with Gasteiger partial charge in [0.15, 0.2) is 11.6 Å². The summed E-state index contributed by atoms with van der Waals surface area (Å²) < 4.78 is 9.55. The van der Waals surface area contributed by atoms with E-state index in [1.807, 2.05) is 0 Å². The number of nitrogens with one attached hydrogen (secondary N) is 1. The van der Waals surface area contributed by atoms with E-state index in [0.29, 0.717) is 29.8 Å². The van der Waals surface area contributed by atoms with Crippen LogP contribution in [0.1, 0.15) is 5.82 Å². The zero-order chi connectivity index (χ0) is 11.4. The fourth-order valence-corrected chi connectivity index (χ4v) is 1.12. The van der Waals surface area contributed by atoms with Gasteiger partial charge in [-0.25, -0.2) is 4.98 Å². The van der Waals surface area contributed by atoms with Crippen LogP contribution in [0.5, 0.6) is 5.88 Å². The Kier molecular flexibility index (Phi) is 2.81. The van der Waals surface area contributed by atoms with Crippen LogP contribution in [-0.2, 0) is 6.54 Å². The van der Waals surface area contributed by atoms with Crippen LogP contribution in [0.25, 0.3) is 0 Å². The zero-order valence-corrected chi connectivity index (χ0v) is 8.54. The molecule has 3 N–H and O–H groups in total. The van der Waals surface area contributed by atoms with Gasteiger partial charge in [-0.2, -0.15) is 9.97 Å². The summed E-state index contributed by atoms with van der Waals surface area (Å²) in [4.78, 5) is 11.7. The zero-order valence-electron chi connectivity index (χ0n) is 8.54. The van der Waals surface area contributed by atoms with Crippen LogP contribution in [0.3, 0.4) is 0 Å². The Morgan fingerprint density at radius 2 is 2.31 bits per heavy atom. The van der Waals surface area contributed by atoms with E-state index in [1.54, 1.807) is 0 Å². The van der Waals surface area contributed by atoms with E-state index in [9.17, 15) is 0 Å². The number of rotatable bonds is 4. The molecule has 0 unspecified atom stereocenters. The van der Waals surface area contributed by atoms with E-state index < -0.39 is 0 Å². The van der Waals surface area contributed by atoms with E-state index >= 15 is 0 Å². The predicted molar refractivity (Wildman–Crippen MR) is 54.6 cm³/mol. The number of hydrogen-bond donors (Lipinski definition) is 2. The molecule has 8 heteroatoms. The molecule has 0 atom stereocenters. The second-order valence-corrected chi connectivity index (χ2v) is 2.85. The van der Waals surface area contributed by atoms with Crippen LogP contribution in [0, 0.1) is 0 Å². The van der Waals surface area contributed by atoms with E-state index in [-0.39, 0.29) is 0 Å². The Morgan fingerprint density at radius 1 is 1.44 bits per heavy atom. The minimum absolute atomic E-state index is 0.325. The minimum atomic E-state index is 0.325. The van der Waals surface area contributed by atoms with E-state index in [1.165, 1.54) is 19.8 Å². The standard InChI is InChI=1S/C8H10N6O2/c1-15-8-6(9)7(11-3-12-8)10-2-5-13-4-16-14-5/h3-4H,2,9H2,1H3,(H,10,11,12). The molecule has 0 aliphatic heterocycles. The monoisotopic (exact) mass is 222 g/mol. The average molecular weight is 222 g/mol. The van der Waals surface area contributed by atoms with Crippen molar-refractivity contribution in [2.75, 3.05) is 18.2 Å². The van der Waals surface area contributed by atoms with Gasteiger partial charge in [0, 0.05) is 0 Å². The molecule has 0 bridgehead atoms. The Bertz CT molecular complexity index is 458. The Labute approximate surface area is 90.8 Å². The first-order chi connectivity index (χ1) is 7.81. The van der Waals surface area contributed by atoms with Crippen LogP contribution < -0.4 is 15.8 Å². The van der Waals surface area contributed by atoms with Gasteiger partial charge in [-0.05, 0) is 0 Å². The maximum Gasteiger partial charge on any atom is 0.242 e. The van der Waals surface area contributed by atoms with E-state index in [0.717, 1.165) is 0 Å². The van der Waals surface area contributed by atoms with Crippen molar-refractivity contribution in [2.24, 2.45) is 0 Å². The van der Waals surface area contributed by atoms with Gasteiger partial charge in [0.2, 0.25) is 12.3 Å².